The zero-order chi connectivity index (χ0) is 22.5. The fourth-order valence-electron chi connectivity index (χ4n) is 3.03. The quantitative estimate of drug-likeness (QED) is 0.364. The minimum Gasteiger partial charge on any atom is -0.497 e. The first-order valence-electron chi connectivity index (χ1n) is 9.57. The monoisotopic (exact) mass is 468 g/mol. The van der Waals surface area contributed by atoms with Crippen molar-refractivity contribution in [2.24, 2.45) is 0 Å². The van der Waals surface area contributed by atoms with Crippen molar-refractivity contribution >= 4 is 35.0 Å². The third-order valence-electron chi connectivity index (χ3n) is 4.49. The van der Waals surface area contributed by atoms with E-state index in [-0.39, 0.29) is 11.7 Å². The van der Waals surface area contributed by atoms with E-state index in [4.69, 9.17) is 16.3 Å². The van der Waals surface area contributed by atoms with Gasteiger partial charge in [0.05, 0.1) is 12.9 Å². The number of carbonyl (C=O) groups is 1. The van der Waals surface area contributed by atoms with E-state index in [1.165, 1.54) is 30.0 Å². The lowest BCUT2D eigenvalue weighted by molar-refractivity contribution is -0.113. The molecule has 0 aliphatic carbocycles. The van der Waals surface area contributed by atoms with Gasteiger partial charge in [0, 0.05) is 22.0 Å². The summed E-state index contributed by atoms with van der Waals surface area (Å²) in [7, 11) is 1.60. The third-order valence-corrected chi connectivity index (χ3v) is 5.67. The van der Waals surface area contributed by atoms with E-state index in [0.717, 1.165) is 11.3 Å². The summed E-state index contributed by atoms with van der Waals surface area (Å²) in [6, 6.07) is 20.5. The van der Waals surface area contributed by atoms with Crippen LogP contribution in [0.25, 0.3) is 17.1 Å². The zero-order valence-corrected chi connectivity index (χ0v) is 18.5. The molecule has 0 radical (unpaired) electrons. The van der Waals surface area contributed by atoms with Gasteiger partial charge in [-0.15, -0.1) is 10.2 Å². The second-order valence-electron chi connectivity index (χ2n) is 6.70. The molecule has 0 spiro atoms. The van der Waals surface area contributed by atoms with Gasteiger partial charge in [0.15, 0.2) is 11.0 Å². The largest absolute Gasteiger partial charge is 0.497 e. The number of rotatable bonds is 7. The summed E-state index contributed by atoms with van der Waals surface area (Å²) < 4.78 is 20.5. The van der Waals surface area contributed by atoms with Crippen LogP contribution in [0.2, 0.25) is 5.02 Å². The highest BCUT2D eigenvalue weighted by Crippen LogP contribution is 2.30. The van der Waals surface area contributed by atoms with Gasteiger partial charge < -0.3 is 10.1 Å². The number of ether oxygens (including phenoxy) is 1. The lowest BCUT2D eigenvalue weighted by Crippen LogP contribution is -2.14. The Bertz CT molecular complexity index is 1250. The Hall–Kier alpha value is -3.36. The molecule has 1 aromatic heterocycles. The number of halogens is 2. The van der Waals surface area contributed by atoms with Gasteiger partial charge in [-0.25, -0.2) is 4.39 Å². The SMILES string of the molecule is COc1cccc(-c2nnc(SCC(=O)Nc3cccc(F)c3)n2-c2ccc(Cl)cc2)c1. The molecule has 0 bridgehead atoms. The van der Waals surface area contributed by atoms with Crippen molar-refractivity contribution in [2.75, 3.05) is 18.2 Å². The molecule has 3 aromatic carbocycles. The molecule has 1 amide bonds. The minimum atomic E-state index is -0.416. The van der Waals surface area contributed by atoms with E-state index in [1.54, 1.807) is 25.3 Å². The summed E-state index contributed by atoms with van der Waals surface area (Å²) in [6.07, 6.45) is 0. The lowest BCUT2D eigenvalue weighted by Gasteiger charge is -2.11. The predicted octanol–water partition coefficient (Wildman–Crippen LogP) is 5.47. The molecular formula is C23H18ClFN4O2S. The second-order valence-corrected chi connectivity index (χ2v) is 8.08. The van der Waals surface area contributed by atoms with E-state index in [0.29, 0.717) is 27.4 Å². The fourth-order valence-corrected chi connectivity index (χ4v) is 3.91. The maximum atomic E-state index is 13.4. The van der Waals surface area contributed by atoms with Crippen LogP contribution in [-0.4, -0.2) is 33.5 Å². The Morgan fingerprint density at radius 2 is 1.88 bits per heavy atom. The van der Waals surface area contributed by atoms with Gasteiger partial charge in [0.1, 0.15) is 11.6 Å². The molecule has 4 aromatic rings. The number of aromatic nitrogens is 3. The van der Waals surface area contributed by atoms with Crippen molar-refractivity contribution in [3.8, 4) is 22.8 Å². The molecule has 1 N–H and O–H groups in total. The number of hydrogen-bond acceptors (Lipinski definition) is 5. The van der Waals surface area contributed by atoms with Gasteiger partial charge >= 0.3 is 0 Å². The molecule has 0 saturated carbocycles. The average Bonchev–Trinajstić information content (AvgIpc) is 3.22. The molecule has 0 atom stereocenters. The zero-order valence-electron chi connectivity index (χ0n) is 17.0. The first-order valence-corrected chi connectivity index (χ1v) is 10.9. The Kier molecular flexibility index (Phi) is 6.72. The number of methoxy groups -OCH3 is 1. The molecular weight excluding hydrogens is 451 g/mol. The number of hydrogen-bond donors (Lipinski definition) is 1. The summed E-state index contributed by atoms with van der Waals surface area (Å²) in [4.78, 5) is 12.4. The molecule has 32 heavy (non-hydrogen) atoms. The van der Waals surface area contributed by atoms with E-state index in [2.05, 4.69) is 15.5 Å². The van der Waals surface area contributed by atoms with Crippen molar-refractivity contribution < 1.29 is 13.9 Å². The van der Waals surface area contributed by atoms with Crippen LogP contribution in [0.5, 0.6) is 5.75 Å². The molecule has 0 aliphatic rings. The van der Waals surface area contributed by atoms with Gasteiger partial charge in [0.25, 0.3) is 0 Å². The van der Waals surface area contributed by atoms with E-state index < -0.39 is 5.82 Å². The number of nitrogens with zero attached hydrogens (tertiary/aromatic N) is 3. The number of benzene rings is 3. The molecule has 0 unspecified atom stereocenters. The van der Waals surface area contributed by atoms with Gasteiger partial charge in [-0.2, -0.15) is 0 Å². The summed E-state index contributed by atoms with van der Waals surface area (Å²) >= 11 is 7.28. The van der Waals surface area contributed by atoms with Crippen molar-refractivity contribution in [3.05, 3.63) is 83.6 Å². The highest BCUT2D eigenvalue weighted by molar-refractivity contribution is 7.99. The molecule has 0 saturated heterocycles. The standard InChI is InChI=1S/C23H18ClFN4O2S/c1-31-20-7-2-4-15(12-20)22-27-28-23(29(22)19-10-8-16(24)9-11-19)32-14-21(30)26-18-6-3-5-17(25)13-18/h2-13H,14H2,1H3,(H,26,30). The molecule has 1 heterocycles. The molecule has 0 aliphatic heterocycles. The average molecular weight is 469 g/mol. The molecule has 162 valence electrons. The van der Waals surface area contributed by atoms with Crippen molar-refractivity contribution in [2.45, 2.75) is 5.16 Å². The Labute approximate surface area is 193 Å². The van der Waals surface area contributed by atoms with Crippen LogP contribution in [-0.2, 0) is 4.79 Å². The van der Waals surface area contributed by atoms with E-state index in [9.17, 15) is 9.18 Å². The predicted molar refractivity (Wildman–Crippen MR) is 124 cm³/mol. The summed E-state index contributed by atoms with van der Waals surface area (Å²) in [5.74, 6) is 0.659. The highest BCUT2D eigenvalue weighted by atomic mass is 35.5. The first-order chi connectivity index (χ1) is 15.5. The van der Waals surface area contributed by atoms with Crippen molar-refractivity contribution in [1.29, 1.82) is 0 Å². The maximum absolute atomic E-state index is 13.4. The van der Waals surface area contributed by atoms with Gasteiger partial charge in [0.2, 0.25) is 5.91 Å². The minimum absolute atomic E-state index is 0.0698. The molecule has 0 fully saturated rings. The van der Waals surface area contributed by atoms with Crippen molar-refractivity contribution in [3.63, 3.8) is 0 Å². The third kappa shape index (κ3) is 5.09. The lowest BCUT2D eigenvalue weighted by atomic mass is 10.2. The Morgan fingerprint density at radius 3 is 2.62 bits per heavy atom. The first kappa shape index (κ1) is 21.9. The number of nitrogens with one attached hydrogen (secondary N) is 1. The molecule has 6 nitrogen and oxygen atoms in total. The van der Waals surface area contributed by atoms with Crippen LogP contribution >= 0.6 is 23.4 Å². The number of carbonyl (C=O) groups excluding carboxylic acids is 1. The van der Waals surface area contributed by atoms with Gasteiger partial charge in [-0.05, 0) is 54.6 Å². The van der Waals surface area contributed by atoms with E-state index in [1.807, 2.05) is 41.0 Å². The van der Waals surface area contributed by atoms with Crippen LogP contribution < -0.4 is 10.1 Å². The van der Waals surface area contributed by atoms with Crippen molar-refractivity contribution in [1.82, 2.24) is 14.8 Å². The second kappa shape index (κ2) is 9.84. The normalized spacial score (nSPS) is 10.7. The van der Waals surface area contributed by atoms with Gasteiger partial charge in [-0.3, -0.25) is 9.36 Å². The molecule has 4 rings (SSSR count). The maximum Gasteiger partial charge on any atom is 0.234 e. The van der Waals surface area contributed by atoms with Crippen LogP contribution in [0.15, 0.2) is 78.0 Å². The van der Waals surface area contributed by atoms with Gasteiger partial charge in [-0.1, -0.05) is 41.6 Å². The summed E-state index contributed by atoms with van der Waals surface area (Å²) in [6.45, 7) is 0. The van der Waals surface area contributed by atoms with Crippen LogP contribution in [0, 0.1) is 5.82 Å². The van der Waals surface area contributed by atoms with Crippen LogP contribution in [0.3, 0.4) is 0 Å². The highest BCUT2D eigenvalue weighted by Gasteiger charge is 2.18. The Morgan fingerprint density at radius 1 is 1.09 bits per heavy atom. The van der Waals surface area contributed by atoms with Crippen LogP contribution in [0.4, 0.5) is 10.1 Å². The number of anilines is 1. The summed E-state index contributed by atoms with van der Waals surface area (Å²) in [5, 5.41) is 12.5. The Balaban J connectivity index is 1.62. The van der Waals surface area contributed by atoms with Crippen LogP contribution in [0.1, 0.15) is 0 Å². The smallest absolute Gasteiger partial charge is 0.234 e. The number of thioether (sulfide) groups is 1. The topological polar surface area (TPSA) is 69.0 Å². The fraction of sp³-hybridized carbons (Fsp3) is 0.0870. The summed E-state index contributed by atoms with van der Waals surface area (Å²) in [5.41, 5.74) is 2.00. The number of amides is 1. The molecule has 9 heteroatoms. The van der Waals surface area contributed by atoms with E-state index >= 15 is 0 Å².